The molecule has 2 saturated heterocycles. The first kappa shape index (κ1) is 24.6. The number of aromatic nitrogens is 4. The summed E-state index contributed by atoms with van der Waals surface area (Å²) in [4.78, 5) is 10.5. The van der Waals surface area contributed by atoms with Crippen molar-refractivity contribution in [3.05, 3.63) is 66.2 Å². The molecule has 0 aliphatic carbocycles. The molecule has 38 heavy (non-hydrogen) atoms. The van der Waals surface area contributed by atoms with E-state index < -0.39 is 11.9 Å². The summed E-state index contributed by atoms with van der Waals surface area (Å²) in [5, 5.41) is 7.30. The summed E-state index contributed by atoms with van der Waals surface area (Å²) in [7, 11) is 2.15. The molecule has 1 N–H and O–H groups in total. The van der Waals surface area contributed by atoms with Gasteiger partial charge in [-0.3, -0.25) is 9.88 Å². The molecule has 4 aromatic rings. The van der Waals surface area contributed by atoms with Gasteiger partial charge in [0.05, 0.1) is 24.9 Å². The minimum atomic E-state index is -4.52. The highest BCUT2D eigenvalue weighted by Gasteiger charge is 2.38. The largest absolute Gasteiger partial charge is 0.488 e. The average Bonchev–Trinajstić information content (AvgIpc) is 3.27. The minimum absolute atomic E-state index is 0.0668. The molecule has 11 heteroatoms. The van der Waals surface area contributed by atoms with Gasteiger partial charge in [0.25, 0.3) is 0 Å². The van der Waals surface area contributed by atoms with E-state index >= 15 is 0 Å². The van der Waals surface area contributed by atoms with Crippen molar-refractivity contribution in [1.29, 1.82) is 0 Å². The van der Waals surface area contributed by atoms with Crippen LogP contribution in [0.3, 0.4) is 0 Å². The average molecular weight is 525 g/mol. The Hall–Kier alpha value is -3.70. The molecule has 0 unspecified atom stereocenters. The Morgan fingerprint density at radius 1 is 1.05 bits per heavy atom. The molecule has 6 rings (SSSR count). The zero-order valence-corrected chi connectivity index (χ0v) is 20.9. The van der Waals surface area contributed by atoms with Crippen LogP contribution in [0.5, 0.6) is 5.75 Å². The van der Waals surface area contributed by atoms with E-state index in [1.807, 2.05) is 31.3 Å². The number of rotatable bonds is 5. The summed E-state index contributed by atoms with van der Waals surface area (Å²) in [6.45, 7) is 3.37. The number of nitrogens with one attached hydrogen (secondary N) is 1. The molecule has 2 aliphatic heterocycles. The van der Waals surface area contributed by atoms with Crippen LogP contribution < -0.4 is 10.1 Å². The molecule has 3 atom stereocenters. The predicted molar refractivity (Wildman–Crippen MR) is 135 cm³/mol. The van der Waals surface area contributed by atoms with Gasteiger partial charge in [0.15, 0.2) is 5.82 Å². The number of fused-ring (bicyclic) bond motifs is 3. The van der Waals surface area contributed by atoms with Gasteiger partial charge >= 0.3 is 6.18 Å². The fourth-order valence-corrected chi connectivity index (χ4v) is 5.20. The standard InChI is InChI=1S/C27H27F3N6O2/c1-16-8-22(23(13-31-16)38-21-10-19-14-37-15-20(11-21)35(19)2)17-6-7-36-18(9-17)12-26(34-36)33-25-5-3-4-24(32-25)27(28,29)30/h3-9,12-13,19-21H,10-11,14-15H2,1-2H3,(H,32,33,34)/t19-,20+,21-. The lowest BCUT2D eigenvalue weighted by Gasteiger charge is -2.46. The third-order valence-electron chi connectivity index (χ3n) is 7.21. The molecule has 0 radical (unpaired) electrons. The maximum Gasteiger partial charge on any atom is 0.433 e. The van der Waals surface area contributed by atoms with Crippen molar-refractivity contribution in [1.82, 2.24) is 24.5 Å². The second-order valence-corrected chi connectivity index (χ2v) is 9.89. The molecular formula is C27H27F3N6O2. The molecule has 6 heterocycles. The van der Waals surface area contributed by atoms with E-state index in [1.54, 1.807) is 16.8 Å². The zero-order valence-electron chi connectivity index (χ0n) is 20.9. The van der Waals surface area contributed by atoms with E-state index in [-0.39, 0.29) is 11.9 Å². The summed E-state index contributed by atoms with van der Waals surface area (Å²) in [6, 6.07) is 12.1. The van der Waals surface area contributed by atoms with Gasteiger partial charge < -0.3 is 14.8 Å². The normalized spacial score (nSPS) is 22.0. The van der Waals surface area contributed by atoms with Crippen molar-refractivity contribution in [3.8, 4) is 16.9 Å². The highest BCUT2D eigenvalue weighted by atomic mass is 19.4. The van der Waals surface area contributed by atoms with Crippen molar-refractivity contribution < 1.29 is 22.6 Å². The summed E-state index contributed by atoms with van der Waals surface area (Å²) in [5.74, 6) is 1.17. The molecule has 0 aromatic carbocycles. The van der Waals surface area contributed by atoms with Crippen LogP contribution in [0, 0.1) is 6.92 Å². The minimum Gasteiger partial charge on any atom is -0.488 e. The molecule has 4 aromatic heterocycles. The number of anilines is 2. The fraction of sp³-hybridized carbons (Fsp3) is 0.370. The number of nitrogens with zero attached hydrogens (tertiary/aromatic N) is 5. The van der Waals surface area contributed by atoms with Gasteiger partial charge in [0.2, 0.25) is 0 Å². The Morgan fingerprint density at radius 2 is 1.84 bits per heavy atom. The lowest BCUT2D eigenvalue weighted by molar-refractivity contribution is -0.141. The van der Waals surface area contributed by atoms with E-state index in [2.05, 4.69) is 32.3 Å². The topological polar surface area (TPSA) is 76.8 Å². The van der Waals surface area contributed by atoms with Crippen LogP contribution in [0.2, 0.25) is 0 Å². The number of aryl methyl sites for hydroxylation is 1. The van der Waals surface area contributed by atoms with Gasteiger partial charge in [-0.25, -0.2) is 9.50 Å². The Kier molecular flexibility index (Phi) is 6.19. The smallest absolute Gasteiger partial charge is 0.433 e. The molecule has 0 saturated carbocycles. The first-order valence-electron chi connectivity index (χ1n) is 12.5. The van der Waals surface area contributed by atoms with Crippen LogP contribution in [0.4, 0.5) is 24.8 Å². The third-order valence-corrected chi connectivity index (χ3v) is 7.21. The number of morpholine rings is 1. The van der Waals surface area contributed by atoms with Crippen LogP contribution in [0.15, 0.2) is 54.9 Å². The molecule has 2 bridgehead atoms. The zero-order chi connectivity index (χ0) is 26.4. The summed E-state index contributed by atoms with van der Waals surface area (Å²) in [6.07, 6.45) is 0.923. The molecule has 2 fully saturated rings. The maximum absolute atomic E-state index is 13.0. The van der Waals surface area contributed by atoms with E-state index in [0.29, 0.717) is 17.9 Å². The SMILES string of the molecule is Cc1cc(-c2ccn3nc(Nc4cccc(C(F)(F)F)n4)cc3c2)c(O[C@H]2C[C@H]3COC[C@@H](C2)N3C)cn1. The number of alkyl halides is 3. The Morgan fingerprint density at radius 3 is 2.61 bits per heavy atom. The first-order valence-corrected chi connectivity index (χ1v) is 12.5. The van der Waals surface area contributed by atoms with Crippen molar-refractivity contribution >= 4 is 17.2 Å². The third kappa shape index (κ3) is 4.91. The number of halogens is 3. The second-order valence-electron chi connectivity index (χ2n) is 9.89. The van der Waals surface area contributed by atoms with Crippen molar-refractivity contribution in [3.63, 3.8) is 0 Å². The van der Waals surface area contributed by atoms with Gasteiger partial charge in [0.1, 0.15) is 23.4 Å². The summed E-state index contributed by atoms with van der Waals surface area (Å²) >= 11 is 0. The van der Waals surface area contributed by atoms with Gasteiger partial charge in [-0.2, -0.15) is 18.3 Å². The van der Waals surface area contributed by atoms with E-state index in [9.17, 15) is 13.2 Å². The van der Waals surface area contributed by atoms with Crippen molar-refractivity contribution in [2.45, 2.75) is 44.1 Å². The van der Waals surface area contributed by atoms with Gasteiger partial charge in [-0.15, -0.1) is 0 Å². The Bertz CT molecular complexity index is 1460. The summed E-state index contributed by atoms with van der Waals surface area (Å²) < 4.78 is 53.0. The highest BCUT2D eigenvalue weighted by Crippen LogP contribution is 2.35. The Balaban J connectivity index is 1.26. The van der Waals surface area contributed by atoms with E-state index in [0.717, 1.165) is 60.2 Å². The highest BCUT2D eigenvalue weighted by molar-refractivity contribution is 5.75. The number of ether oxygens (including phenoxy) is 2. The van der Waals surface area contributed by atoms with Crippen LogP contribution in [0.1, 0.15) is 24.2 Å². The van der Waals surface area contributed by atoms with Crippen LogP contribution >= 0.6 is 0 Å². The Labute approximate surface area is 217 Å². The lowest BCUT2D eigenvalue weighted by Crippen LogP contribution is -2.57. The van der Waals surface area contributed by atoms with Crippen LogP contribution in [-0.2, 0) is 10.9 Å². The number of hydrogen-bond donors (Lipinski definition) is 1. The number of likely N-dealkylation sites (N-methyl/N-ethyl adjacent to an activating group) is 1. The lowest BCUT2D eigenvalue weighted by atomic mass is 9.92. The van der Waals surface area contributed by atoms with Crippen LogP contribution in [0.25, 0.3) is 16.6 Å². The number of hydrogen-bond acceptors (Lipinski definition) is 7. The molecule has 198 valence electrons. The fourth-order valence-electron chi connectivity index (χ4n) is 5.20. The van der Waals surface area contributed by atoms with E-state index in [1.165, 1.54) is 12.1 Å². The van der Waals surface area contributed by atoms with Gasteiger partial charge in [-0.1, -0.05) is 6.07 Å². The van der Waals surface area contributed by atoms with Crippen LogP contribution in [-0.4, -0.2) is 62.9 Å². The molecule has 0 amide bonds. The number of pyridine rings is 3. The molecule has 0 spiro atoms. The monoisotopic (exact) mass is 524 g/mol. The van der Waals surface area contributed by atoms with Gasteiger partial charge in [-0.05, 0) is 49.9 Å². The maximum atomic E-state index is 13.0. The molecule has 2 aliphatic rings. The molecular weight excluding hydrogens is 497 g/mol. The number of piperidine rings is 1. The van der Waals surface area contributed by atoms with Gasteiger partial charge in [0, 0.05) is 48.4 Å². The first-order chi connectivity index (χ1) is 18.2. The van der Waals surface area contributed by atoms with Crippen molar-refractivity contribution in [2.24, 2.45) is 0 Å². The van der Waals surface area contributed by atoms with E-state index in [4.69, 9.17) is 9.47 Å². The predicted octanol–water partition coefficient (Wildman–Crippen LogP) is 5.10. The summed E-state index contributed by atoms with van der Waals surface area (Å²) in [5.41, 5.74) is 2.53. The van der Waals surface area contributed by atoms with Crippen molar-refractivity contribution in [2.75, 3.05) is 25.6 Å². The quantitative estimate of drug-likeness (QED) is 0.389. The second kappa shape index (κ2) is 9.55. The molecule has 8 nitrogen and oxygen atoms in total.